The highest BCUT2D eigenvalue weighted by Gasteiger charge is 2.13. The van der Waals surface area contributed by atoms with Crippen LogP contribution in [-0.2, 0) is 9.53 Å². The van der Waals surface area contributed by atoms with Gasteiger partial charge in [-0.2, -0.15) is 0 Å². The summed E-state index contributed by atoms with van der Waals surface area (Å²) in [5, 5.41) is 0. The highest BCUT2D eigenvalue weighted by Crippen LogP contribution is 2.06. The minimum absolute atomic E-state index is 0.301. The topological polar surface area (TPSA) is 26.3 Å². The molecule has 0 aliphatic heterocycles. The van der Waals surface area contributed by atoms with Crippen LogP contribution >= 0.6 is 0 Å². The van der Waals surface area contributed by atoms with Gasteiger partial charge in [0.1, 0.15) is 11.4 Å². The van der Waals surface area contributed by atoms with Gasteiger partial charge in [-0.3, -0.25) is 0 Å². The van der Waals surface area contributed by atoms with E-state index in [0.29, 0.717) is 5.56 Å². The van der Waals surface area contributed by atoms with Gasteiger partial charge in [0.2, 0.25) is 0 Å². The standard InChI is InChI=1S/C15H15FO2/c1-15(2,3)18-14(17)7-5-4-6-12-8-10-13(16)11-9-12/h5,7-11H,1-3H3/b7-5+. The highest BCUT2D eigenvalue weighted by molar-refractivity contribution is 5.82. The lowest BCUT2D eigenvalue weighted by molar-refractivity contribution is -0.148. The molecular formula is C15H15FO2. The molecule has 2 nitrogen and oxygen atoms in total. The Morgan fingerprint density at radius 3 is 2.44 bits per heavy atom. The van der Waals surface area contributed by atoms with Crippen LogP contribution in [0.1, 0.15) is 26.3 Å². The van der Waals surface area contributed by atoms with Crippen molar-refractivity contribution < 1.29 is 13.9 Å². The monoisotopic (exact) mass is 246 g/mol. The zero-order chi connectivity index (χ0) is 13.6. The van der Waals surface area contributed by atoms with E-state index in [1.54, 1.807) is 32.9 Å². The summed E-state index contributed by atoms with van der Waals surface area (Å²) in [7, 11) is 0. The van der Waals surface area contributed by atoms with Crippen molar-refractivity contribution in [2.75, 3.05) is 0 Å². The average molecular weight is 246 g/mol. The zero-order valence-electron chi connectivity index (χ0n) is 10.7. The Morgan fingerprint density at radius 1 is 1.28 bits per heavy atom. The Hall–Kier alpha value is -2.08. The summed E-state index contributed by atoms with van der Waals surface area (Å²) in [6.45, 7) is 5.38. The highest BCUT2D eigenvalue weighted by atomic mass is 19.1. The molecule has 0 bridgehead atoms. The van der Waals surface area contributed by atoms with Crippen molar-refractivity contribution in [3.8, 4) is 11.8 Å². The van der Waals surface area contributed by atoms with Crippen molar-refractivity contribution in [1.82, 2.24) is 0 Å². The van der Waals surface area contributed by atoms with Crippen LogP contribution < -0.4 is 0 Å². The fourth-order valence-corrected chi connectivity index (χ4v) is 1.10. The lowest BCUT2D eigenvalue weighted by Crippen LogP contribution is -2.22. The van der Waals surface area contributed by atoms with Gasteiger partial charge in [0, 0.05) is 11.6 Å². The van der Waals surface area contributed by atoms with Gasteiger partial charge >= 0.3 is 5.97 Å². The summed E-state index contributed by atoms with van der Waals surface area (Å²) in [5.74, 6) is 4.73. The van der Waals surface area contributed by atoms with E-state index in [2.05, 4.69) is 11.8 Å². The quantitative estimate of drug-likeness (QED) is 0.432. The van der Waals surface area contributed by atoms with E-state index in [9.17, 15) is 9.18 Å². The van der Waals surface area contributed by atoms with Crippen molar-refractivity contribution in [1.29, 1.82) is 0 Å². The third-order valence-corrected chi connectivity index (χ3v) is 1.77. The Bertz CT molecular complexity index is 496. The Labute approximate surface area is 106 Å². The molecular weight excluding hydrogens is 231 g/mol. The van der Waals surface area contributed by atoms with Gasteiger partial charge in [-0.15, -0.1) is 0 Å². The van der Waals surface area contributed by atoms with E-state index in [0.717, 1.165) is 0 Å². The van der Waals surface area contributed by atoms with Crippen LogP contribution in [0.4, 0.5) is 4.39 Å². The number of carbonyl (C=O) groups is 1. The molecule has 18 heavy (non-hydrogen) atoms. The number of benzene rings is 1. The van der Waals surface area contributed by atoms with Crippen molar-refractivity contribution in [2.24, 2.45) is 0 Å². The fourth-order valence-electron chi connectivity index (χ4n) is 1.10. The molecule has 3 heteroatoms. The second-order valence-corrected chi connectivity index (χ2v) is 4.64. The maximum absolute atomic E-state index is 12.6. The minimum Gasteiger partial charge on any atom is -0.457 e. The SMILES string of the molecule is CC(C)(C)OC(=O)/C=C/C#Cc1ccc(F)cc1. The van der Waals surface area contributed by atoms with E-state index in [1.807, 2.05) is 0 Å². The van der Waals surface area contributed by atoms with Crippen LogP contribution in [-0.4, -0.2) is 11.6 Å². The van der Waals surface area contributed by atoms with Gasteiger partial charge in [0.25, 0.3) is 0 Å². The molecule has 0 aliphatic rings. The molecule has 0 spiro atoms. The number of rotatable bonds is 1. The van der Waals surface area contributed by atoms with Gasteiger partial charge in [0.15, 0.2) is 0 Å². The molecule has 0 unspecified atom stereocenters. The maximum Gasteiger partial charge on any atom is 0.331 e. The predicted octanol–water partition coefficient (Wildman–Crippen LogP) is 3.08. The van der Waals surface area contributed by atoms with Crippen LogP contribution in [0.25, 0.3) is 0 Å². The lowest BCUT2D eigenvalue weighted by Gasteiger charge is -2.17. The molecule has 0 aromatic heterocycles. The Kier molecular flexibility index (Phi) is 4.67. The first-order valence-corrected chi connectivity index (χ1v) is 5.53. The number of esters is 1. The molecule has 0 saturated heterocycles. The second-order valence-electron chi connectivity index (χ2n) is 4.64. The van der Waals surface area contributed by atoms with Gasteiger partial charge in [0.05, 0.1) is 0 Å². The molecule has 0 fully saturated rings. The van der Waals surface area contributed by atoms with Gasteiger partial charge in [-0.25, -0.2) is 9.18 Å². The van der Waals surface area contributed by atoms with Gasteiger partial charge in [-0.1, -0.05) is 11.8 Å². The molecule has 0 radical (unpaired) electrons. The fraction of sp³-hybridized carbons (Fsp3) is 0.267. The molecule has 0 heterocycles. The van der Waals surface area contributed by atoms with Crippen molar-refractivity contribution >= 4 is 5.97 Å². The van der Waals surface area contributed by atoms with E-state index < -0.39 is 11.6 Å². The van der Waals surface area contributed by atoms with Crippen LogP contribution in [0, 0.1) is 17.7 Å². The summed E-state index contributed by atoms with van der Waals surface area (Å²) in [6.07, 6.45) is 2.68. The molecule has 0 aliphatic carbocycles. The normalized spacial score (nSPS) is 10.9. The zero-order valence-corrected chi connectivity index (χ0v) is 10.7. The van der Waals surface area contributed by atoms with Crippen molar-refractivity contribution in [3.63, 3.8) is 0 Å². The van der Waals surface area contributed by atoms with Crippen molar-refractivity contribution in [3.05, 3.63) is 47.8 Å². The smallest absolute Gasteiger partial charge is 0.331 e. The maximum atomic E-state index is 12.6. The summed E-state index contributed by atoms with van der Waals surface area (Å²) in [4.78, 5) is 11.3. The number of hydrogen-bond acceptors (Lipinski definition) is 2. The second kappa shape index (κ2) is 6.02. The number of carbonyl (C=O) groups excluding carboxylic acids is 1. The predicted molar refractivity (Wildman–Crippen MR) is 68.3 cm³/mol. The number of allylic oxidation sites excluding steroid dienone is 1. The third kappa shape index (κ3) is 5.86. The van der Waals surface area contributed by atoms with E-state index in [4.69, 9.17) is 4.74 Å². The van der Waals surface area contributed by atoms with Crippen LogP contribution in [0.3, 0.4) is 0 Å². The van der Waals surface area contributed by atoms with Crippen LogP contribution in [0.15, 0.2) is 36.4 Å². The van der Waals surface area contributed by atoms with E-state index in [-0.39, 0.29) is 5.82 Å². The molecule has 0 atom stereocenters. The summed E-state index contributed by atoms with van der Waals surface area (Å²) in [5.41, 5.74) is 0.177. The van der Waals surface area contributed by atoms with E-state index in [1.165, 1.54) is 24.3 Å². The number of hydrogen-bond donors (Lipinski definition) is 0. The molecule has 0 saturated carbocycles. The van der Waals surface area contributed by atoms with Gasteiger partial charge < -0.3 is 4.74 Å². The molecule has 0 N–H and O–H groups in total. The average Bonchev–Trinajstić information content (AvgIpc) is 2.24. The minimum atomic E-state index is -0.508. The van der Waals surface area contributed by atoms with Crippen LogP contribution in [0.5, 0.6) is 0 Å². The van der Waals surface area contributed by atoms with Crippen LogP contribution in [0.2, 0.25) is 0 Å². The molecule has 0 amide bonds. The lowest BCUT2D eigenvalue weighted by atomic mass is 10.2. The first kappa shape index (κ1) is 14.0. The first-order valence-electron chi connectivity index (χ1n) is 5.53. The van der Waals surface area contributed by atoms with Crippen molar-refractivity contribution in [2.45, 2.75) is 26.4 Å². The summed E-state index contributed by atoms with van der Waals surface area (Å²) < 4.78 is 17.7. The summed E-state index contributed by atoms with van der Waals surface area (Å²) in [6, 6.07) is 5.82. The van der Waals surface area contributed by atoms with E-state index >= 15 is 0 Å². The largest absolute Gasteiger partial charge is 0.457 e. The van der Waals surface area contributed by atoms with Gasteiger partial charge in [-0.05, 0) is 51.1 Å². The Balaban J connectivity index is 2.55. The third-order valence-electron chi connectivity index (χ3n) is 1.77. The number of ether oxygens (including phenoxy) is 1. The first-order chi connectivity index (χ1) is 8.37. The number of halogens is 1. The molecule has 1 aromatic rings. The molecule has 94 valence electrons. The Morgan fingerprint density at radius 2 is 1.89 bits per heavy atom. The molecule has 1 rings (SSSR count). The molecule has 1 aromatic carbocycles. The summed E-state index contributed by atoms with van der Waals surface area (Å²) >= 11 is 0.